The van der Waals surface area contributed by atoms with E-state index >= 15 is 0 Å². The Kier molecular flexibility index (Phi) is 4.73. The summed E-state index contributed by atoms with van der Waals surface area (Å²) in [7, 11) is 6.17. The van der Waals surface area contributed by atoms with Crippen molar-refractivity contribution in [1.82, 2.24) is 0 Å². The van der Waals surface area contributed by atoms with E-state index in [9.17, 15) is 9.90 Å². The van der Waals surface area contributed by atoms with Crippen LogP contribution in [-0.2, 0) is 5.41 Å². The van der Waals surface area contributed by atoms with Gasteiger partial charge >= 0.3 is 5.97 Å². The molecular weight excluding hydrogens is 372 g/mol. The molecule has 152 valence electrons. The lowest BCUT2D eigenvalue weighted by Crippen LogP contribution is -2.26. The van der Waals surface area contributed by atoms with Crippen LogP contribution in [0.5, 0.6) is 0 Å². The summed E-state index contributed by atoms with van der Waals surface area (Å²) in [5.41, 5.74) is 5.63. The molecule has 0 amide bonds. The number of carbonyl (C=O) groups is 1. The zero-order valence-corrected chi connectivity index (χ0v) is 18.1. The molecule has 30 heavy (non-hydrogen) atoms. The third-order valence-electron chi connectivity index (χ3n) is 6.12. The topological polar surface area (TPSA) is 43.5 Å². The van der Waals surface area contributed by atoms with Gasteiger partial charge in [0.1, 0.15) is 7.05 Å². The quantitative estimate of drug-likeness (QED) is 0.604. The first-order valence-corrected chi connectivity index (χ1v) is 10.1. The Bertz CT molecular complexity index is 1230. The SMILES string of the molecule is CN(C)c1ccc(/C=C/C2=[N+](C)c3ccc(C(=O)O)cc3C2(C)C)c2ccccc12. The third-order valence-corrected chi connectivity index (χ3v) is 6.12. The van der Waals surface area contributed by atoms with Gasteiger partial charge in [-0.2, -0.15) is 4.58 Å². The summed E-state index contributed by atoms with van der Waals surface area (Å²) in [6, 6.07) is 18.2. The second-order valence-corrected chi connectivity index (χ2v) is 8.55. The van der Waals surface area contributed by atoms with Crippen LogP contribution in [0.2, 0.25) is 0 Å². The van der Waals surface area contributed by atoms with Gasteiger partial charge in [0.25, 0.3) is 0 Å². The summed E-state index contributed by atoms with van der Waals surface area (Å²) >= 11 is 0. The van der Waals surface area contributed by atoms with Crippen molar-refractivity contribution in [1.29, 1.82) is 0 Å². The first kappa shape index (κ1) is 19.9. The van der Waals surface area contributed by atoms with E-state index in [4.69, 9.17) is 0 Å². The number of aromatic carboxylic acids is 1. The Hall–Kier alpha value is -3.40. The Morgan fingerprint density at radius 2 is 1.70 bits per heavy atom. The van der Waals surface area contributed by atoms with Gasteiger partial charge in [0.05, 0.1) is 11.0 Å². The molecule has 0 radical (unpaired) electrons. The number of hydrogen-bond donors (Lipinski definition) is 1. The molecule has 1 aliphatic heterocycles. The van der Waals surface area contributed by atoms with Crippen LogP contribution in [0.1, 0.15) is 35.3 Å². The minimum Gasteiger partial charge on any atom is -0.478 e. The molecule has 0 aromatic heterocycles. The molecule has 4 nitrogen and oxygen atoms in total. The molecule has 3 aromatic rings. The monoisotopic (exact) mass is 399 g/mol. The molecule has 1 N–H and O–H groups in total. The maximum absolute atomic E-state index is 11.4. The van der Waals surface area contributed by atoms with Crippen LogP contribution in [0.15, 0.2) is 60.7 Å². The Morgan fingerprint density at radius 1 is 1.00 bits per heavy atom. The Balaban J connectivity index is 1.79. The van der Waals surface area contributed by atoms with E-state index in [-0.39, 0.29) is 5.41 Å². The van der Waals surface area contributed by atoms with E-state index in [1.165, 1.54) is 16.5 Å². The number of hydrogen-bond acceptors (Lipinski definition) is 2. The highest BCUT2D eigenvalue weighted by Crippen LogP contribution is 2.40. The summed E-state index contributed by atoms with van der Waals surface area (Å²) in [6.07, 6.45) is 4.33. The molecule has 0 saturated heterocycles. The fourth-order valence-corrected chi connectivity index (χ4v) is 4.48. The van der Waals surface area contributed by atoms with Gasteiger partial charge in [0.15, 0.2) is 5.71 Å². The first-order valence-electron chi connectivity index (χ1n) is 10.1. The molecule has 1 aliphatic rings. The van der Waals surface area contributed by atoms with Crippen LogP contribution < -0.4 is 4.90 Å². The second-order valence-electron chi connectivity index (χ2n) is 8.55. The van der Waals surface area contributed by atoms with Crippen molar-refractivity contribution in [3.63, 3.8) is 0 Å². The van der Waals surface area contributed by atoms with E-state index < -0.39 is 5.97 Å². The van der Waals surface area contributed by atoms with Gasteiger partial charge in [-0.3, -0.25) is 0 Å². The second kappa shape index (κ2) is 7.13. The van der Waals surface area contributed by atoms with E-state index in [2.05, 4.69) is 86.0 Å². The van der Waals surface area contributed by atoms with Crippen molar-refractivity contribution in [2.75, 3.05) is 26.0 Å². The lowest BCUT2D eigenvalue weighted by atomic mass is 9.80. The number of carboxylic acids is 1. The van der Waals surface area contributed by atoms with Crippen LogP contribution in [0.25, 0.3) is 16.8 Å². The number of rotatable bonds is 4. The number of nitrogens with zero attached hydrogens (tertiary/aromatic N) is 2. The van der Waals surface area contributed by atoms with Gasteiger partial charge in [0.2, 0.25) is 5.69 Å². The first-order chi connectivity index (χ1) is 14.2. The lowest BCUT2D eigenvalue weighted by molar-refractivity contribution is -0.401. The molecule has 0 aliphatic carbocycles. The highest BCUT2D eigenvalue weighted by atomic mass is 16.4. The molecule has 0 fully saturated rings. The largest absolute Gasteiger partial charge is 0.478 e. The molecule has 1 heterocycles. The van der Waals surface area contributed by atoms with E-state index in [0.717, 1.165) is 22.5 Å². The van der Waals surface area contributed by atoms with Crippen LogP contribution in [0.4, 0.5) is 11.4 Å². The average molecular weight is 400 g/mol. The highest BCUT2D eigenvalue weighted by molar-refractivity contribution is 6.07. The molecule has 0 bridgehead atoms. The third kappa shape index (κ3) is 3.09. The van der Waals surface area contributed by atoms with Crippen molar-refractivity contribution in [2.24, 2.45) is 0 Å². The molecule has 4 heteroatoms. The summed E-state index contributed by atoms with van der Waals surface area (Å²) in [6.45, 7) is 4.29. The van der Waals surface area contributed by atoms with Gasteiger partial charge in [-0.15, -0.1) is 0 Å². The average Bonchev–Trinajstić information content (AvgIpc) is 2.91. The number of anilines is 1. The zero-order valence-electron chi connectivity index (χ0n) is 18.1. The summed E-state index contributed by atoms with van der Waals surface area (Å²) in [5.74, 6) is -0.896. The van der Waals surface area contributed by atoms with Crippen LogP contribution in [0.3, 0.4) is 0 Å². The summed E-state index contributed by atoms with van der Waals surface area (Å²) in [5, 5.41) is 11.8. The van der Waals surface area contributed by atoms with Crippen molar-refractivity contribution >= 4 is 39.9 Å². The Morgan fingerprint density at radius 3 is 2.37 bits per heavy atom. The fraction of sp³-hybridized carbons (Fsp3) is 0.231. The molecular formula is C26H27N2O2+. The molecule has 0 unspecified atom stereocenters. The summed E-state index contributed by atoms with van der Waals surface area (Å²) < 4.78 is 2.16. The van der Waals surface area contributed by atoms with Crippen LogP contribution >= 0.6 is 0 Å². The molecule has 0 saturated carbocycles. The van der Waals surface area contributed by atoms with Gasteiger partial charge in [-0.25, -0.2) is 4.79 Å². The molecule has 0 spiro atoms. The number of fused-ring (bicyclic) bond motifs is 2. The lowest BCUT2D eigenvalue weighted by Gasteiger charge is -2.17. The van der Waals surface area contributed by atoms with Crippen molar-refractivity contribution in [3.05, 3.63) is 77.4 Å². The molecule has 4 rings (SSSR count). The minimum absolute atomic E-state index is 0.286. The number of allylic oxidation sites excluding steroid dienone is 1. The number of carboxylic acid groups (broad SMARTS) is 1. The van der Waals surface area contributed by atoms with E-state index in [1.807, 2.05) is 13.1 Å². The predicted molar refractivity (Wildman–Crippen MR) is 125 cm³/mol. The fourth-order valence-electron chi connectivity index (χ4n) is 4.48. The van der Waals surface area contributed by atoms with Crippen molar-refractivity contribution in [2.45, 2.75) is 19.3 Å². The van der Waals surface area contributed by atoms with Gasteiger partial charge < -0.3 is 10.0 Å². The van der Waals surface area contributed by atoms with Gasteiger partial charge in [-0.1, -0.05) is 30.3 Å². The van der Waals surface area contributed by atoms with Crippen LogP contribution in [0, 0.1) is 0 Å². The highest BCUT2D eigenvalue weighted by Gasteiger charge is 2.43. The van der Waals surface area contributed by atoms with Crippen molar-refractivity contribution < 1.29 is 14.5 Å². The predicted octanol–water partition coefficient (Wildman–Crippen LogP) is 5.32. The van der Waals surface area contributed by atoms with E-state index in [0.29, 0.717) is 5.56 Å². The normalized spacial score (nSPS) is 15.1. The molecule has 0 atom stereocenters. The number of benzene rings is 3. The van der Waals surface area contributed by atoms with Crippen molar-refractivity contribution in [3.8, 4) is 0 Å². The minimum atomic E-state index is -0.896. The Labute approximate surface area is 177 Å². The standard InChI is InChI=1S/C26H26N2O2/c1-26(2)21-16-18(25(29)30)11-14-23(21)28(5)24(26)15-12-17-10-13-22(27(3)4)20-9-7-6-8-19(17)20/h6-16H,1-5H3/p+1. The van der Waals surface area contributed by atoms with Gasteiger partial charge in [-0.05, 0) is 49.1 Å². The maximum Gasteiger partial charge on any atom is 0.335 e. The van der Waals surface area contributed by atoms with E-state index in [1.54, 1.807) is 12.1 Å². The smallest absolute Gasteiger partial charge is 0.335 e. The van der Waals surface area contributed by atoms with Crippen LogP contribution in [-0.4, -0.2) is 42.5 Å². The molecule has 3 aromatic carbocycles. The maximum atomic E-state index is 11.4. The van der Waals surface area contributed by atoms with Gasteiger partial charge in [0, 0.05) is 42.9 Å². The zero-order chi connectivity index (χ0) is 21.6. The summed E-state index contributed by atoms with van der Waals surface area (Å²) in [4.78, 5) is 13.6.